The average molecular weight is 382 g/mol. The standard InChI is InChI=1S/C18H20ClNO4S/c1-11(13-5-4-6-14(19)7-13)20-17(21)10-25-9-15-8-16(12(2)24-15)18(22)23-3/h4-8,11H,9-10H2,1-3H3,(H,20,21)/t11-/m1/s1. The van der Waals surface area contributed by atoms with Crippen LogP contribution in [0, 0.1) is 6.92 Å². The molecule has 0 saturated heterocycles. The lowest BCUT2D eigenvalue weighted by atomic mass is 10.1. The molecule has 1 aromatic heterocycles. The van der Waals surface area contributed by atoms with Crippen LogP contribution in [0.3, 0.4) is 0 Å². The summed E-state index contributed by atoms with van der Waals surface area (Å²) < 4.78 is 10.2. The molecule has 2 aromatic rings. The normalized spacial score (nSPS) is 11.8. The number of hydrogen-bond donors (Lipinski definition) is 1. The fraction of sp³-hybridized carbons (Fsp3) is 0.333. The van der Waals surface area contributed by atoms with Crippen LogP contribution in [0.2, 0.25) is 5.02 Å². The minimum Gasteiger partial charge on any atom is -0.465 e. The molecule has 0 aliphatic rings. The van der Waals surface area contributed by atoms with Gasteiger partial charge in [-0.25, -0.2) is 4.79 Å². The van der Waals surface area contributed by atoms with E-state index < -0.39 is 5.97 Å². The maximum absolute atomic E-state index is 12.1. The number of furan rings is 1. The van der Waals surface area contributed by atoms with E-state index in [1.165, 1.54) is 18.9 Å². The summed E-state index contributed by atoms with van der Waals surface area (Å²) in [4.78, 5) is 23.6. The molecule has 2 rings (SSSR count). The molecule has 1 aromatic carbocycles. The van der Waals surface area contributed by atoms with Crippen LogP contribution in [-0.4, -0.2) is 24.7 Å². The molecule has 0 unspecified atom stereocenters. The van der Waals surface area contributed by atoms with Gasteiger partial charge in [0.2, 0.25) is 5.91 Å². The smallest absolute Gasteiger partial charge is 0.341 e. The van der Waals surface area contributed by atoms with E-state index in [0.717, 1.165) is 5.56 Å². The molecule has 0 aliphatic carbocycles. The summed E-state index contributed by atoms with van der Waals surface area (Å²) in [6.07, 6.45) is 0. The Kier molecular flexibility index (Phi) is 6.96. The van der Waals surface area contributed by atoms with Crippen LogP contribution in [0.5, 0.6) is 0 Å². The first kappa shape index (κ1) is 19.4. The molecule has 0 spiro atoms. The summed E-state index contributed by atoms with van der Waals surface area (Å²) in [6.45, 7) is 3.62. The predicted octanol–water partition coefficient (Wildman–Crippen LogP) is 4.14. The lowest BCUT2D eigenvalue weighted by Crippen LogP contribution is -2.28. The van der Waals surface area contributed by atoms with Gasteiger partial charge in [0.25, 0.3) is 0 Å². The highest BCUT2D eigenvalue weighted by molar-refractivity contribution is 7.99. The molecule has 1 atom stereocenters. The highest BCUT2D eigenvalue weighted by atomic mass is 35.5. The van der Waals surface area contributed by atoms with E-state index in [-0.39, 0.29) is 17.7 Å². The van der Waals surface area contributed by atoms with E-state index in [2.05, 4.69) is 10.1 Å². The van der Waals surface area contributed by atoms with Crippen LogP contribution in [-0.2, 0) is 15.3 Å². The minimum atomic E-state index is -0.425. The van der Waals surface area contributed by atoms with Crippen molar-refractivity contribution in [3.8, 4) is 0 Å². The molecular weight excluding hydrogens is 362 g/mol. The van der Waals surface area contributed by atoms with Crippen LogP contribution in [0.4, 0.5) is 0 Å². The summed E-state index contributed by atoms with van der Waals surface area (Å²) >= 11 is 7.38. The topological polar surface area (TPSA) is 68.5 Å². The fourth-order valence-electron chi connectivity index (χ4n) is 2.31. The predicted molar refractivity (Wildman–Crippen MR) is 99.0 cm³/mol. The van der Waals surface area contributed by atoms with Crippen molar-refractivity contribution in [2.24, 2.45) is 0 Å². The van der Waals surface area contributed by atoms with Crippen LogP contribution in [0.1, 0.15) is 40.4 Å². The number of aryl methyl sites for hydroxylation is 1. The number of thioether (sulfide) groups is 1. The first-order chi connectivity index (χ1) is 11.9. The first-order valence-corrected chi connectivity index (χ1v) is 9.24. The number of esters is 1. The number of carbonyl (C=O) groups excluding carboxylic acids is 2. The molecule has 5 nitrogen and oxygen atoms in total. The maximum atomic E-state index is 12.1. The van der Waals surface area contributed by atoms with Gasteiger partial charge in [-0.3, -0.25) is 4.79 Å². The molecule has 0 aliphatic heterocycles. The number of hydrogen-bond acceptors (Lipinski definition) is 5. The number of carbonyl (C=O) groups is 2. The maximum Gasteiger partial charge on any atom is 0.341 e. The lowest BCUT2D eigenvalue weighted by molar-refractivity contribution is -0.119. The Labute approximate surface area is 156 Å². The Morgan fingerprint density at radius 2 is 2.12 bits per heavy atom. The molecule has 1 amide bonds. The van der Waals surface area contributed by atoms with E-state index >= 15 is 0 Å². The highest BCUT2D eigenvalue weighted by Crippen LogP contribution is 2.21. The Morgan fingerprint density at radius 3 is 2.80 bits per heavy atom. The third-order valence-corrected chi connectivity index (χ3v) is 4.77. The third-order valence-electron chi connectivity index (χ3n) is 3.58. The molecule has 25 heavy (non-hydrogen) atoms. The molecule has 1 N–H and O–H groups in total. The number of benzene rings is 1. The zero-order valence-electron chi connectivity index (χ0n) is 14.3. The zero-order valence-corrected chi connectivity index (χ0v) is 15.9. The van der Waals surface area contributed by atoms with E-state index in [4.69, 9.17) is 16.0 Å². The van der Waals surface area contributed by atoms with Crippen LogP contribution < -0.4 is 5.32 Å². The Morgan fingerprint density at radius 1 is 1.36 bits per heavy atom. The molecular formula is C18H20ClNO4S. The van der Waals surface area contributed by atoms with Gasteiger partial charge >= 0.3 is 5.97 Å². The van der Waals surface area contributed by atoms with Crippen molar-refractivity contribution in [3.05, 3.63) is 58.0 Å². The fourth-order valence-corrected chi connectivity index (χ4v) is 3.23. The van der Waals surface area contributed by atoms with E-state index in [1.54, 1.807) is 19.1 Å². The van der Waals surface area contributed by atoms with Gasteiger partial charge in [-0.15, -0.1) is 11.8 Å². The largest absolute Gasteiger partial charge is 0.465 e. The van der Waals surface area contributed by atoms with Gasteiger partial charge in [-0.05, 0) is 37.6 Å². The Balaban J connectivity index is 1.81. The third kappa shape index (κ3) is 5.54. The Bertz CT molecular complexity index is 759. The molecule has 0 saturated carbocycles. The van der Waals surface area contributed by atoms with Gasteiger partial charge in [-0.2, -0.15) is 0 Å². The number of nitrogens with one attached hydrogen (secondary N) is 1. The van der Waals surface area contributed by atoms with E-state index in [1.807, 2.05) is 25.1 Å². The number of amides is 1. The number of halogens is 1. The van der Waals surface area contributed by atoms with Crippen LogP contribution in [0.25, 0.3) is 0 Å². The van der Waals surface area contributed by atoms with Crippen molar-refractivity contribution in [1.82, 2.24) is 5.32 Å². The summed E-state index contributed by atoms with van der Waals surface area (Å²) in [6, 6.07) is 8.93. The van der Waals surface area contributed by atoms with Crippen molar-refractivity contribution >= 4 is 35.2 Å². The van der Waals surface area contributed by atoms with Crippen LogP contribution in [0.15, 0.2) is 34.7 Å². The van der Waals surface area contributed by atoms with Crippen molar-refractivity contribution in [1.29, 1.82) is 0 Å². The number of ether oxygens (including phenoxy) is 1. The molecule has 0 fully saturated rings. The summed E-state index contributed by atoms with van der Waals surface area (Å²) in [7, 11) is 1.33. The summed E-state index contributed by atoms with van der Waals surface area (Å²) in [5.41, 5.74) is 1.37. The Hall–Kier alpha value is -1.92. The van der Waals surface area contributed by atoms with Crippen LogP contribution >= 0.6 is 23.4 Å². The minimum absolute atomic E-state index is 0.0751. The summed E-state index contributed by atoms with van der Waals surface area (Å²) in [5, 5.41) is 3.57. The second-order valence-corrected chi connectivity index (χ2v) is 6.93. The quantitative estimate of drug-likeness (QED) is 0.730. The second-order valence-electron chi connectivity index (χ2n) is 5.51. The molecule has 134 valence electrons. The van der Waals surface area contributed by atoms with Gasteiger partial charge in [0.15, 0.2) is 0 Å². The molecule has 7 heteroatoms. The SMILES string of the molecule is COC(=O)c1cc(CSCC(=O)N[C@H](C)c2cccc(Cl)c2)oc1C. The molecule has 1 heterocycles. The monoisotopic (exact) mass is 381 g/mol. The highest BCUT2D eigenvalue weighted by Gasteiger charge is 2.16. The molecule has 0 radical (unpaired) electrons. The van der Waals surface area contributed by atoms with Crippen molar-refractivity contribution in [3.63, 3.8) is 0 Å². The zero-order chi connectivity index (χ0) is 18.4. The van der Waals surface area contributed by atoms with Crippen molar-refractivity contribution < 1.29 is 18.7 Å². The van der Waals surface area contributed by atoms with Crippen molar-refractivity contribution in [2.75, 3.05) is 12.9 Å². The number of methoxy groups -OCH3 is 1. The van der Waals surface area contributed by atoms with Gasteiger partial charge in [0.1, 0.15) is 17.1 Å². The van der Waals surface area contributed by atoms with E-state index in [0.29, 0.717) is 27.9 Å². The average Bonchev–Trinajstić information content (AvgIpc) is 2.94. The summed E-state index contributed by atoms with van der Waals surface area (Å²) in [5.74, 6) is 1.44. The van der Waals surface area contributed by atoms with Gasteiger partial charge < -0.3 is 14.5 Å². The first-order valence-electron chi connectivity index (χ1n) is 7.71. The van der Waals surface area contributed by atoms with Gasteiger partial charge in [-0.1, -0.05) is 23.7 Å². The second kappa shape index (κ2) is 8.97. The lowest BCUT2D eigenvalue weighted by Gasteiger charge is -2.14. The van der Waals surface area contributed by atoms with E-state index in [9.17, 15) is 9.59 Å². The van der Waals surface area contributed by atoms with Gasteiger partial charge in [0, 0.05) is 5.02 Å². The van der Waals surface area contributed by atoms with Crippen molar-refractivity contribution in [2.45, 2.75) is 25.6 Å². The molecule has 0 bridgehead atoms. The van der Waals surface area contributed by atoms with Gasteiger partial charge in [0.05, 0.1) is 24.7 Å². The number of rotatable bonds is 7.